The molecule has 2 heterocycles. The lowest BCUT2D eigenvalue weighted by molar-refractivity contribution is -0.149. The highest BCUT2D eigenvalue weighted by atomic mass is 28.4. The highest BCUT2D eigenvalue weighted by molar-refractivity contribution is 6.71. The van der Waals surface area contributed by atoms with Crippen LogP contribution in [0.25, 0.3) is 0 Å². The van der Waals surface area contributed by atoms with E-state index in [1.165, 1.54) is 0 Å². The van der Waals surface area contributed by atoms with Gasteiger partial charge in [-0.2, -0.15) is 0 Å². The predicted octanol–water partition coefficient (Wildman–Crippen LogP) is 6.77. The zero-order valence-corrected chi connectivity index (χ0v) is 33.8. The van der Waals surface area contributed by atoms with E-state index in [0.29, 0.717) is 51.9 Å². The van der Waals surface area contributed by atoms with Gasteiger partial charge in [0.15, 0.2) is 8.32 Å². The topological polar surface area (TPSA) is 99.3 Å². The van der Waals surface area contributed by atoms with Crippen LogP contribution in [0.15, 0.2) is 91.0 Å². The zero-order valence-electron chi connectivity index (χ0n) is 32.8. The second kappa shape index (κ2) is 19.3. The fourth-order valence-electron chi connectivity index (χ4n) is 8.36. The average molecular weight is 753 g/mol. The van der Waals surface area contributed by atoms with E-state index in [1.807, 2.05) is 105 Å². The maximum atomic E-state index is 15.3. The van der Waals surface area contributed by atoms with Crippen LogP contribution in [-0.4, -0.2) is 98.6 Å². The monoisotopic (exact) mass is 752 g/mol. The summed E-state index contributed by atoms with van der Waals surface area (Å²) >= 11 is 0. The molecule has 2 aliphatic heterocycles. The molecule has 3 aromatic rings. The highest BCUT2D eigenvalue weighted by Gasteiger charge is 2.51. The van der Waals surface area contributed by atoms with Crippen molar-refractivity contribution in [1.29, 1.82) is 0 Å². The van der Waals surface area contributed by atoms with Crippen molar-refractivity contribution in [2.24, 2.45) is 0 Å². The molecule has 2 aliphatic rings. The quantitative estimate of drug-likeness (QED) is 0.0879. The van der Waals surface area contributed by atoms with Gasteiger partial charge >= 0.3 is 0 Å². The van der Waals surface area contributed by atoms with Crippen LogP contribution in [0.4, 0.5) is 0 Å². The number of unbranched alkanes of at least 4 members (excludes halogenated alkanes) is 2. The summed E-state index contributed by atoms with van der Waals surface area (Å²) in [7, 11) is 0.178. The van der Waals surface area contributed by atoms with Crippen molar-refractivity contribution in [2.45, 2.75) is 101 Å². The van der Waals surface area contributed by atoms with Gasteiger partial charge in [0.25, 0.3) is 0 Å². The number of hydrogen-bond acceptors (Lipinski definition) is 5. The Labute approximate surface area is 323 Å². The van der Waals surface area contributed by atoms with Crippen molar-refractivity contribution >= 4 is 31.9 Å². The summed E-state index contributed by atoms with van der Waals surface area (Å²) in [4.78, 5) is 61.3. The lowest BCUT2D eigenvalue weighted by Gasteiger charge is -2.40. The Bertz CT molecular complexity index is 1580. The van der Waals surface area contributed by atoms with E-state index in [1.54, 1.807) is 14.7 Å². The molecule has 54 heavy (non-hydrogen) atoms. The number of carbonyl (C=O) groups is 4. The molecular weight excluding hydrogens is 693 g/mol. The molecule has 2 unspecified atom stereocenters. The number of amides is 4. The fraction of sp³-hybridized carbons (Fsp3) is 0.500. The van der Waals surface area contributed by atoms with Gasteiger partial charge in [-0.15, -0.1) is 0 Å². The second-order valence-electron chi connectivity index (χ2n) is 15.4. The standard InChI is InChI=1S/C44H60N4O5Si/c1-5-53-54(3,4)34-20-30-45-40(49)29-16-9-17-31-46(2)41(50)38-27-18-32-47(38)42(51)39-28-19-33-48(39)43(52)44(35-21-10-6-11-22-35,36-23-12-7-13-24-36)37-25-14-8-15-26-37/h6-8,10-15,21-26,38-39H,5,9,16-20,27-34H2,1-4H3,(H,45,49). The smallest absolute Gasteiger partial charge is 0.246 e. The number of benzene rings is 3. The molecule has 2 saturated heterocycles. The summed E-state index contributed by atoms with van der Waals surface area (Å²) in [6, 6.07) is 29.4. The van der Waals surface area contributed by atoms with Crippen molar-refractivity contribution in [2.75, 3.05) is 39.8 Å². The number of nitrogens with zero attached hydrogens (tertiary/aromatic N) is 3. The molecule has 10 heteroatoms. The normalized spacial score (nSPS) is 17.4. The Morgan fingerprint density at radius 2 is 1.30 bits per heavy atom. The van der Waals surface area contributed by atoms with Crippen LogP contribution in [0.2, 0.25) is 19.1 Å². The maximum Gasteiger partial charge on any atom is 0.246 e. The Hall–Kier alpha value is -4.28. The van der Waals surface area contributed by atoms with Gasteiger partial charge in [0, 0.05) is 46.3 Å². The third-order valence-corrected chi connectivity index (χ3v) is 13.8. The van der Waals surface area contributed by atoms with Gasteiger partial charge in [-0.05, 0) is 87.7 Å². The van der Waals surface area contributed by atoms with Crippen molar-refractivity contribution in [3.05, 3.63) is 108 Å². The lowest BCUT2D eigenvalue weighted by Crippen LogP contribution is -2.56. The van der Waals surface area contributed by atoms with Crippen LogP contribution in [0.3, 0.4) is 0 Å². The summed E-state index contributed by atoms with van der Waals surface area (Å²) in [6.45, 7) is 9.41. The molecule has 0 aliphatic carbocycles. The minimum Gasteiger partial charge on any atom is -0.418 e. The maximum absolute atomic E-state index is 15.3. The molecule has 290 valence electrons. The van der Waals surface area contributed by atoms with E-state index in [2.05, 4.69) is 18.4 Å². The first-order valence-corrected chi connectivity index (χ1v) is 23.2. The molecule has 2 atom stereocenters. The molecule has 4 amide bonds. The van der Waals surface area contributed by atoms with Crippen LogP contribution in [-0.2, 0) is 29.0 Å². The first-order valence-electron chi connectivity index (χ1n) is 20.0. The molecule has 1 N–H and O–H groups in total. The van der Waals surface area contributed by atoms with Gasteiger partial charge in [-0.1, -0.05) is 97.4 Å². The van der Waals surface area contributed by atoms with E-state index in [4.69, 9.17) is 4.43 Å². The number of carbonyl (C=O) groups excluding carboxylic acids is 4. The van der Waals surface area contributed by atoms with Gasteiger partial charge in [0.1, 0.15) is 17.5 Å². The van der Waals surface area contributed by atoms with Gasteiger partial charge in [0.05, 0.1) is 0 Å². The molecule has 3 aromatic carbocycles. The summed E-state index contributed by atoms with van der Waals surface area (Å²) in [6.07, 6.45) is 6.45. The van der Waals surface area contributed by atoms with Gasteiger partial charge < -0.3 is 24.4 Å². The number of likely N-dealkylation sites (tertiary alicyclic amines) is 2. The van der Waals surface area contributed by atoms with E-state index >= 15 is 4.79 Å². The molecule has 0 spiro atoms. The van der Waals surface area contributed by atoms with E-state index in [9.17, 15) is 14.4 Å². The molecule has 0 aromatic heterocycles. The van der Waals surface area contributed by atoms with Crippen LogP contribution in [0, 0.1) is 0 Å². The summed E-state index contributed by atoms with van der Waals surface area (Å²) in [5, 5.41) is 3.03. The number of likely N-dealkylation sites (N-methyl/N-ethyl adjacent to an activating group) is 1. The van der Waals surface area contributed by atoms with Gasteiger partial charge in [0.2, 0.25) is 23.6 Å². The number of rotatable bonds is 18. The fourth-order valence-corrected chi connectivity index (χ4v) is 10.3. The van der Waals surface area contributed by atoms with Crippen molar-refractivity contribution in [3.63, 3.8) is 0 Å². The van der Waals surface area contributed by atoms with E-state index in [0.717, 1.165) is 61.4 Å². The molecule has 2 fully saturated rings. The minimum atomic E-state index is -1.63. The van der Waals surface area contributed by atoms with Crippen molar-refractivity contribution < 1.29 is 23.6 Å². The van der Waals surface area contributed by atoms with Crippen molar-refractivity contribution in [3.8, 4) is 0 Å². The Morgan fingerprint density at radius 1 is 0.759 bits per heavy atom. The Morgan fingerprint density at radius 3 is 1.85 bits per heavy atom. The molecular formula is C44H60N4O5Si. The lowest BCUT2D eigenvalue weighted by atomic mass is 9.68. The van der Waals surface area contributed by atoms with Gasteiger partial charge in [-0.3, -0.25) is 19.2 Å². The molecule has 0 radical (unpaired) electrons. The van der Waals surface area contributed by atoms with Crippen LogP contribution >= 0.6 is 0 Å². The zero-order chi connectivity index (χ0) is 38.6. The summed E-state index contributed by atoms with van der Waals surface area (Å²) in [5.74, 6) is -0.242. The Balaban J connectivity index is 1.20. The second-order valence-corrected chi connectivity index (χ2v) is 19.7. The molecule has 9 nitrogen and oxygen atoms in total. The summed E-state index contributed by atoms with van der Waals surface area (Å²) < 4.78 is 5.87. The third kappa shape index (κ3) is 9.68. The first-order chi connectivity index (χ1) is 26.1. The minimum absolute atomic E-state index is 0.0554. The van der Waals surface area contributed by atoms with E-state index in [-0.39, 0.29) is 23.6 Å². The van der Waals surface area contributed by atoms with Crippen LogP contribution < -0.4 is 5.32 Å². The summed E-state index contributed by atoms with van der Waals surface area (Å²) in [5.41, 5.74) is 1.39. The molecule has 5 rings (SSSR count). The van der Waals surface area contributed by atoms with Crippen molar-refractivity contribution in [1.82, 2.24) is 20.0 Å². The molecule has 0 saturated carbocycles. The average Bonchev–Trinajstić information content (AvgIpc) is 3.89. The first kappa shape index (κ1) is 40.9. The largest absolute Gasteiger partial charge is 0.418 e. The molecule has 0 bridgehead atoms. The number of hydrogen-bond donors (Lipinski definition) is 1. The Kier molecular flexibility index (Phi) is 14.7. The van der Waals surface area contributed by atoms with E-state index < -0.39 is 25.8 Å². The van der Waals surface area contributed by atoms with Gasteiger partial charge in [-0.25, -0.2) is 0 Å². The number of nitrogens with one attached hydrogen (secondary N) is 1. The van der Waals surface area contributed by atoms with Crippen LogP contribution in [0.1, 0.15) is 81.4 Å². The highest BCUT2D eigenvalue weighted by Crippen LogP contribution is 2.42. The predicted molar refractivity (Wildman–Crippen MR) is 216 cm³/mol. The third-order valence-electron chi connectivity index (χ3n) is 11.1. The van der Waals surface area contributed by atoms with Crippen LogP contribution in [0.5, 0.6) is 0 Å². The SMILES string of the molecule is CCO[Si](C)(C)CCCNC(=O)CCCCCN(C)C(=O)C1CCCN1C(=O)C1CCCN1C(=O)C(c1ccccc1)(c1ccccc1)c1ccccc1.